The van der Waals surface area contributed by atoms with Crippen LogP contribution >= 0.6 is 0 Å². The van der Waals surface area contributed by atoms with Crippen molar-refractivity contribution in [2.45, 2.75) is 57.1 Å². The van der Waals surface area contributed by atoms with Gasteiger partial charge in [-0.1, -0.05) is 37.3 Å². The lowest BCUT2D eigenvalue weighted by molar-refractivity contribution is -0.134. The highest BCUT2D eigenvalue weighted by Gasteiger charge is 2.33. The SMILES string of the molecule is CC[C@H](CC(=O)N1CCN([C@@H]2CCC[C@@H]2O)CC1)c1ccccc1. The topological polar surface area (TPSA) is 43.8 Å². The van der Waals surface area contributed by atoms with Gasteiger partial charge in [-0.15, -0.1) is 0 Å². The van der Waals surface area contributed by atoms with Gasteiger partial charge in [0, 0.05) is 38.6 Å². The Balaban J connectivity index is 1.51. The Labute approximate surface area is 145 Å². The van der Waals surface area contributed by atoms with Gasteiger partial charge in [0.05, 0.1) is 6.10 Å². The lowest BCUT2D eigenvalue weighted by Gasteiger charge is -2.39. The second-order valence-electron chi connectivity index (χ2n) is 7.20. The first-order valence-corrected chi connectivity index (χ1v) is 9.44. The third-order valence-electron chi connectivity index (χ3n) is 5.76. The van der Waals surface area contributed by atoms with E-state index in [0.29, 0.717) is 18.4 Å². The molecule has 4 heteroatoms. The Morgan fingerprint density at radius 2 is 1.88 bits per heavy atom. The van der Waals surface area contributed by atoms with E-state index < -0.39 is 0 Å². The first kappa shape index (κ1) is 17.4. The van der Waals surface area contributed by atoms with Crippen LogP contribution in [0, 0.1) is 0 Å². The van der Waals surface area contributed by atoms with Crippen LogP contribution in [-0.4, -0.2) is 59.1 Å². The van der Waals surface area contributed by atoms with Gasteiger partial charge >= 0.3 is 0 Å². The van der Waals surface area contributed by atoms with E-state index in [9.17, 15) is 9.90 Å². The smallest absolute Gasteiger partial charge is 0.223 e. The quantitative estimate of drug-likeness (QED) is 0.902. The fraction of sp³-hybridized carbons (Fsp3) is 0.650. The molecule has 3 rings (SSSR count). The minimum atomic E-state index is -0.171. The minimum absolute atomic E-state index is 0.171. The predicted octanol–water partition coefficient (Wildman–Crippen LogP) is 2.63. The van der Waals surface area contributed by atoms with E-state index in [0.717, 1.165) is 51.9 Å². The zero-order valence-corrected chi connectivity index (χ0v) is 14.7. The van der Waals surface area contributed by atoms with Crippen LogP contribution < -0.4 is 0 Å². The van der Waals surface area contributed by atoms with Crippen LogP contribution in [0.25, 0.3) is 0 Å². The van der Waals surface area contributed by atoms with E-state index >= 15 is 0 Å². The average Bonchev–Trinajstić information content (AvgIpc) is 3.06. The van der Waals surface area contributed by atoms with Gasteiger partial charge in [-0.05, 0) is 37.2 Å². The van der Waals surface area contributed by atoms with Crippen LogP contribution in [0.15, 0.2) is 30.3 Å². The number of nitrogens with zero attached hydrogens (tertiary/aromatic N) is 2. The first-order chi connectivity index (χ1) is 11.7. The zero-order valence-electron chi connectivity index (χ0n) is 14.7. The van der Waals surface area contributed by atoms with Crippen molar-refractivity contribution in [1.82, 2.24) is 9.80 Å². The maximum absolute atomic E-state index is 12.7. The highest BCUT2D eigenvalue weighted by atomic mass is 16.3. The van der Waals surface area contributed by atoms with Crippen molar-refractivity contribution >= 4 is 5.91 Å². The van der Waals surface area contributed by atoms with Crippen LogP contribution in [0.3, 0.4) is 0 Å². The molecule has 0 radical (unpaired) electrons. The largest absolute Gasteiger partial charge is 0.391 e. The van der Waals surface area contributed by atoms with Gasteiger partial charge in [-0.3, -0.25) is 9.69 Å². The molecule has 1 saturated carbocycles. The van der Waals surface area contributed by atoms with Crippen molar-refractivity contribution in [1.29, 1.82) is 0 Å². The van der Waals surface area contributed by atoms with Gasteiger partial charge < -0.3 is 10.0 Å². The highest BCUT2D eigenvalue weighted by molar-refractivity contribution is 5.77. The van der Waals surface area contributed by atoms with Crippen LogP contribution in [0.4, 0.5) is 0 Å². The zero-order chi connectivity index (χ0) is 16.9. The van der Waals surface area contributed by atoms with E-state index in [1.165, 1.54) is 5.56 Å². The van der Waals surface area contributed by atoms with Gasteiger partial charge in [0.25, 0.3) is 0 Å². The predicted molar refractivity (Wildman–Crippen MR) is 95.9 cm³/mol. The van der Waals surface area contributed by atoms with E-state index in [1.807, 2.05) is 23.1 Å². The summed E-state index contributed by atoms with van der Waals surface area (Å²) < 4.78 is 0. The van der Waals surface area contributed by atoms with Crippen molar-refractivity contribution in [2.75, 3.05) is 26.2 Å². The Kier molecular flexibility index (Phi) is 5.90. The van der Waals surface area contributed by atoms with Gasteiger partial charge in [0.2, 0.25) is 5.91 Å². The molecule has 4 nitrogen and oxygen atoms in total. The monoisotopic (exact) mass is 330 g/mol. The van der Waals surface area contributed by atoms with Crippen molar-refractivity contribution in [3.8, 4) is 0 Å². The average molecular weight is 330 g/mol. The Morgan fingerprint density at radius 1 is 1.17 bits per heavy atom. The normalized spacial score (nSPS) is 26.5. The molecule has 1 aliphatic carbocycles. The fourth-order valence-electron chi connectivity index (χ4n) is 4.21. The molecule has 1 amide bonds. The molecule has 1 N–H and O–H groups in total. The van der Waals surface area contributed by atoms with Gasteiger partial charge in [0.1, 0.15) is 0 Å². The summed E-state index contributed by atoms with van der Waals surface area (Å²) in [5.41, 5.74) is 1.26. The molecule has 2 fully saturated rings. The summed E-state index contributed by atoms with van der Waals surface area (Å²) in [6.07, 6.45) is 4.58. The number of carbonyl (C=O) groups excluding carboxylic acids is 1. The summed E-state index contributed by atoms with van der Waals surface area (Å²) >= 11 is 0. The van der Waals surface area contributed by atoms with E-state index in [2.05, 4.69) is 24.0 Å². The Bertz CT molecular complexity index is 526. The second-order valence-corrected chi connectivity index (χ2v) is 7.20. The molecule has 132 valence electrons. The minimum Gasteiger partial charge on any atom is -0.391 e. The molecule has 1 aliphatic heterocycles. The van der Waals surface area contributed by atoms with Crippen molar-refractivity contribution in [3.63, 3.8) is 0 Å². The molecule has 0 spiro atoms. The Hall–Kier alpha value is -1.39. The molecule has 1 heterocycles. The maximum atomic E-state index is 12.7. The summed E-state index contributed by atoms with van der Waals surface area (Å²) in [5, 5.41) is 10.1. The fourth-order valence-corrected chi connectivity index (χ4v) is 4.21. The van der Waals surface area contributed by atoms with Crippen molar-refractivity contribution in [3.05, 3.63) is 35.9 Å². The maximum Gasteiger partial charge on any atom is 0.223 e. The third kappa shape index (κ3) is 3.98. The molecule has 1 saturated heterocycles. The lowest BCUT2D eigenvalue weighted by atomic mass is 9.92. The van der Waals surface area contributed by atoms with Crippen molar-refractivity contribution < 1.29 is 9.90 Å². The number of amides is 1. The number of aliphatic hydroxyl groups is 1. The molecule has 1 aromatic carbocycles. The number of piperazine rings is 1. The number of hydrogen-bond acceptors (Lipinski definition) is 3. The van der Waals surface area contributed by atoms with E-state index in [4.69, 9.17) is 0 Å². The number of aliphatic hydroxyl groups excluding tert-OH is 1. The highest BCUT2D eigenvalue weighted by Crippen LogP contribution is 2.27. The number of rotatable bonds is 5. The molecule has 0 bridgehead atoms. The summed E-state index contributed by atoms with van der Waals surface area (Å²) in [4.78, 5) is 17.1. The van der Waals surface area contributed by atoms with Gasteiger partial charge in [-0.2, -0.15) is 0 Å². The second kappa shape index (κ2) is 8.13. The summed E-state index contributed by atoms with van der Waals surface area (Å²) in [5.74, 6) is 0.589. The molecule has 1 aromatic rings. The van der Waals surface area contributed by atoms with E-state index in [1.54, 1.807) is 0 Å². The summed E-state index contributed by atoms with van der Waals surface area (Å²) in [7, 11) is 0. The standard InChI is InChI=1S/C20H30N2O2/c1-2-16(17-7-4-3-5-8-17)15-20(24)22-13-11-21(12-14-22)18-9-6-10-19(18)23/h3-5,7-8,16,18-19,23H,2,6,9-15H2,1H3/t16-,18-,19+/m1/s1. The van der Waals surface area contributed by atoms with Gasteiger partial charge in [0.15, 0.2) is 0 Å². The first-order valence-electron chi connectivity index (χ1n) is 9.44. The molecule has 0 aromatic heterocycles. The summed E-state index contributed by atoms with van der Waals surface area (Å²) in [6.45, 7) is 5.55. The number of carbonyl (C=O) groups is 1. The molecular weight excluding hydrogens is 300 g/mol. The number of benzene rings is 1. The molecule has 0 unspecified atom stereocenters. The van der Waals surface area contributed by atoms with Crippen LogP contribution in [-0.2, 0) is 4.79 Å². The van der Waals surface area contributed by atoms with Gasteiger partial charge in [-0.25, -0.2) is 0 Å². The Morgan fingerprint density at radius 3 is 2.46 bits per heavy atom. The molecule has 24 heavy (non-hydrogen) atoms. The van der Waals surface area contributed by atoms with Crippen LogP contribution in [0.5, 0.6) is 0 Å². The third-order valence-corrected chi connectivity index (χ3v) is 5.76. The van der Waals surface area contributed by atoms with Crippen molar-refractivity contribution in [2.24, 2.45) is 0 Å². The lowest BCUT2D eigenvalue weighted by Crippen LogP contribution is -2.53. The molecule has 2 aliphatic rings. The summed E-state index contributed by atoms with van der Waals surface area (Å²) in [6, 6.07) is 10.7. The molecule has 3 atom stereocenters. The van der Waals surface area contributed by atoms with Crippen LogP contribution in [0.1, 0.15) is 50.5 Å². The van der Waals surface area contributed by atoms with Crippen LogP contribution in [0.2, 0.25) is 0 Å². The number of hydrogen-bond donors (Lipinski definition) is 1. The van der Waals surface area contributed by atoms with E-state index in [-0.39, 0.29) is 12.0 Å². The molecular formula is C20H30N2O2.